The Morgan fingerprint density at radius 1 is 1.03 bits per heavy atom. The first-order valence-corrected chi connectivity index (χ1v) is 12.6. The molecule has 0 spiro atoms. The van der Waals surface area contributed by atoms with Crippen LogP contribution in [0.4, 0.5) is 21.0 Å². The molecule has 0 aliphatic carbocycles. The molecule has 10 nitrogen and oxygen atoms in total. The van der Waals surface area contributed by atoms with Crippen molar-refractivity contribution < 1.29 is 28.6 Å². The molecular formula is C26H38N4O6. The molecule has 10 heteroatoms. The highest BCUT2D eigenvalue weighted by Crippen LogP contribution is 2.40. The molecule has 1 aromatic rings. The van der Waals surface area contributed by atoms with Gasteiger partial charge in [-0.25, -0.2) is 9.59 Å². The van der Waals surface area contributed by atoms with Crippen molar-refractivity contribution >= 4 is 29.5 Å². The molecule has 0 bridgehead atoms. The summed E-state index contributed by atoms with van der Waals surface area (Å²) >= 11 is 0. The summed E-state index contributed by atoms with van der Waals surface area (Å²) in [6.07, 6.45) is -0.118. The van der Waals surface area contributed by atoms with Crippen LogP contribution in [0.3, 0.4) is 0 Å². The number of anilines is 2. The van der Waals surface area contributed by atoms with E-state index in [9.17, 15) is 14.4 Å². The Balaban J connectivity index is 1.57. The minimum atomic E-state index is -0.718. The fourth-order valence-electron chi connectivity index (χ4n) is 4.69. The highest BCUT2D eigenvalue weighted by atomic mass is 16.6. The van der Waals surface area contributed by atoms with E-state index in [1.54, 1.807) is 32.6 Å². The zero-order valence-corrected chi connectivity index (χ0v) is 22.3. The molecule has 1 aromatic carbocycles. The van der Waals surface area contributed by atoms with Crippen LogP contribution in [0.15, 0.2) is 12.1 Å². The van der Waals surface area contributed by atoms with Crippen molar-refractivity contribution in [2.24, 2.45) is 0 Å². The number of nitrogens with one attached hydrogen (secondary N) is 1. The number of rotatable bonds is 0. The van der Waals surface area contributed by atoms with Crippen LogP contribution in [-0.2, 0) is 20.8 Å². The summed E-state index contributed by atoms with van der Waals surface area (Å²) in [5.41, 5.74) is 0.799. The van der Waals surface area contributed by atoms with Crippen LogP contribution in [0.1, 0.15) is 60.5 Å². The summed E-state index contributed by atoms with van der Waals surface area (Å²) in [5, 5.41) is 2.93. The van der Waals surface area contributed by atoms with Gasteiger partial charge in [-0.1, -0.05) is 0 Å². The highest BCUT2D eigenvalue weighted by molar-refractivity contribution is 6.10. The number of carbonyl (C=O) groups excluding carboxylic acids is 3. The van der Waals surface area contributed by atoms with Gasteiger partial charge in [0.2, 0.25) is 5.91 Å². The fraction of sp³-hybridized carbons (Fsp3) is 0.654. The van der Waals surface area contributed by atoms with Gasteiger partial charge < -0.3 is 24.4 Å². The van der Waals surface area contributed by atoms with Gasteiger partial charge in [-0.2, -0.15) is 0 Å². The van der Waals surface area contributed by atoms with Crippen LogP contribution in [0, 0.1) is 0 Å². The van der Waals surface area contributed by atoms with E-state index in [1.807, 2.05) is 32.9 Å². The van der Waals surface area contributed by atoms with E-state index < -0.39 is 23.3 Å². The van der Waals surface area contributed by atoms with Crippen LogP contribution in [0.2, 0.25) is 0 Å². The van der Waals surface area contributed by atoms with E-state index in [1.165, 1.54) is 4.90 Å². The minimum absolute atomic E-state index is 0.128. The second kappa shape index (κ2) is 9.46. The fourth-order valence-corrected chi connectivity index (χ4v) is 4.69. The molecule has 3 aliphatic rings. The number of fused-ring (bicyclic) bond motifs is 3. The van der Waals surface area contributed by atoms with Gasteiger partial charge in [-0.3, -0.25) is 14.6 Å². The lowest BCUT2D eigenvalue weighted by atomic mass is 10.0. The van der Waals surface area contributed by atoms with Crippen molar-refractivity contribution in [2.75, 3.05) is 36.5 Å². The first-order chi connectivity index (χ1) is 16.7. The van der Waals surface area contributed by atoms with Crippen LogP contribution in [0.5, 0.6) is 5.75 Å². The van der Waals surface area contributed by atoms with Crippen LogP contribution < -0.4 is 15.0 Å². The number of carbonyl (C=O) groups is 3. The van der Waals surface area contributed by atoms with E-state index in [0.29, 0.717) is 49.9 Å². The first kappa shape index (κ1) is 26.1. The van der Waals surface area contributed by atoms with Crippen molar-refractivity contribution in [1.29, 1.82) is 0 Å². The maximum Gasteiger partial charge on any atom is 0.415 e. The molecule has 1 fully saturated rings. The molecular weight excluding hydrogens is 464 g/mol. The van der Waals surface area contributed by atoms with E-state index in [2.05, 4.69) is 10.2 Å². The molecule has 3 aliphatic heterocycles. The summed E-state index contributed by atoms with van der Waals surface area (Å²) in [6, 6.07) is 3.11. The highest BCUT2D eigenvalue weighted by Gasteiger charge is 2.39. The molecule has 0 radical (unpaired) electrons. The number of amides is 3. The summed E-state index contributed by atoms with van der Waals surface area (Å²) in [7, 11) is 0. The van der Waals surface area contributed by atoms with Crippen molar-refractivity contribution in [3.63, 3.8) is 0 Å². The van der Waals surface area contributed by atoms with Gasteiger partial charge in [0.05, 0.1) is 18.0 Å². The van der Waals surface area contributed by atoms with Gasteiger partial charge in [0.15, 0.2) is 0 Å². The zero-order chi connectivity index (χ0) is 26.4. The van der Waals surface area contributed by atoms with Crippen molar-refractivity contribution in [3.8, 4) is 5.75 Å². The predicted octanol–water partition coefficient (Wildman–Crippen LogP) is 3.97. The number of hydrogen-bond donors (Lipinski definition) is 1. The SMILES string of the molecule is CC1C(=O)Nc2cc3c(cc2N1C(=O)OC(C)(C)C)OCC[C@@H]1CN(C(=O)OC(C)(C)C)CCN1C3. The van der Waals surface area contributed by atoms with E-state index in [-0.39, 0.29) is 18.0 Å². The average molecular weight is 503 g/mol. The molecule has 3 heterocycles. The molecule has 3 amide bonds. The lowest BCUT2D eigenvalue weighted by Crippen LogP contribution is -2.55. The number of nitrogens with zero attached hydrogens (tertiary/aromatic N) is 3. The predicted molar refractivity (Wildman–Crippen MR) is 135 cm³/mol. The minimum Gasteiger partial charge on any atom is -0.493 e. The Morgan fingerprint density at radius 2 is 1.69 bits per heavy atom. The second-order valence-corrected chi connectivity index (χ2v) is 11.7. The van der Waals surface area contributed by atoms with Gasteiger partial charge in [0.1, 0.15) is 23.0 Å². The Labute approximate surface area is 212 Å². The topological polar surface area (TPSA) is 101 Å². The first-order valence-electron chi connectivity index (χ1n) is 12.6. The molecule has 1 unspecified atom stereocenters. The Kier molecular flexibility index (Phi) is 6.85. The van der Waals surface area contributed by atoms with Crippen LogP contribution in [0.25, 0.3) is 0 Å². The standard InChI is InChI=1S/C26H38N4O6/c1-16-22(31)27-19-12-17-14-28-9-10-29(23(32)35-25(2,3)4)15-18(28)8-11-34-21(17)13-20(19)30(16)24(33)36-26(5,6)7/h12-13,16,18H,8-11,14-15H2,1-7H3,(H,27,31)/t16?,18-/m1/s1. The third-order valence-electron chi connectivity index (χ3n) is 6.39. The van der Waals surface area contributed by atoms with Crippen molar-refractivity contribution in [3.05, 3.63) is 17.7 Å². The van der Waals surface area contributed by atoms with Gasteiger partial charge in [0, 0.05) is 43.9 Å². The lowest BCUT2D eigenvalue weighted by Gasteiger charge is -2.43. The van der Waals surface area contributed by atoms with E-state index in [0.717, 1.165) is 12.0 Å². The zero-order valence-electron chi connectivity index (χ0n) is 22.3. The van der Waals surface area contributed by atoms with E-state index in [4.69, 9.17) is 14.2 Å². The molecule has 2 atom stereocenters. The quantitative estimate of drug-likeness (QED) is 0.573. The Morgan fingerprint density at radius 3 is 2.36 bits per heavy atom. The summed E-state index contributed by atoms with van der Waals surface area (Å²) in [4.78, 5) is 43.8. The molecule has 198 valence electrons. The van der Waals surface area contributed by atoms with Crippen molar-refractivity contribution in [2.45, 2.75) is 84.7 Å². The third kappa shape index (κ3) is 5.69. The van der Waals surface area contributed by atoms with Crippen LogP contribution >= 0.6 is 0 Å². The van der Waals surface area contributed by atoms with Gasteiger partial charge in [-0.15, -0.1) is 0 Å². The maximum absolute atomic E-state index is 13.0. The van der Waals surface area contributed by atoms with Gasteiger partial charge in [0.25, 0.3) is 0 Å². The molecule has 1 saturated heterocycles. The summed E-state index contributed by atoms with van der Waals surface area (Å²) < 4.78 is 17.3. The largest absolute Gasteiger partial charge is 0.493 e. The number of benzene rings is 1. The number of piperazine rings is 1. The van der Waals surface area contributed by atoms with Gasteiger partial charge >= 0.3 is 12.2 Å². The van der Waals surface area contributed by atoms with Gasteiger partial charge in [-0.05, 0) is 61.0 Å². The summed E-state index contributed by atoms with van der Waals surface area (Å²) in [6.45, 7) is 15.6. The molecule has 0 aromatic heterocycles. The molecule has 1 N–H and O–H groups in total. The molecule has 0 saturated carbocycles. The monoisotopic (exact) mass is 502 g/mol. The maximum atomic E-state index is 13.0. The van der Waals surface area contributed by atoms with E-state index >= 15 is 0 Å². The average Bonchev–Trinajstić information content (AvgIpc) is 2.72. The summed E-state index contributed by atoms with van der Waals surface area (Å²) in [5.74, 6) is 0.405. The van der Waals surface area contributed by atoms with Crippen LogP contribution in [-0.4, -0.2) is 77.4 Å². The molecule has 36 heavy (non-hydrogen) atoms. The Hall–Kier alpha value is -3.01. The number of hydrogen-bond acceptors (Lipinski definition) is 7. The lowest BCUT2D eigenvalue weighted by molar-refractivity contribution is -0.117. The normalized spacial score (nSPS) is 22.7. The number of ether oxygens (including phenoxy) is 3. The smallest absolute Gasteiger partial charge is 0.415 e. The Bertz CT molecular complexity index is 1040. The third-order valence-corrected chi connectivity index (χ3v) is 6.39. The second-order valence-electron chi connectivity index (χ2n) is 11.7. The molecule has 4 rings (SSSR count). The van der Waals surface area contributed by atoms with Crippen molar-refractivity contribution in [1.82, 2.24) is 9.80 Å².